The normalized spacial score (nSPS) is 13.6. The molecule has 26 heavy (non-hydrogen) atoms. The lowest BCUT2D eigenvalue weighted by atomic mass is 10.1. The van der Waals surface area contributed by atoms with E-state index in [0.29, 0.717) is 11.3 Å². The number of hydrogen-bond acceptors (Lipinski definition) is 4. The quantitative estimate of drug-likeness (QED) is 0.662. The summed E-state index contributed by atoms with van der Waals surface area (Å²) >= 11 is 0. The minimum atomic E-state index is -0.517. The predicted molar refractivity (Wildman–Crippen MR) is 91.6 cm³/mol. The van der Waals surface area contributed by atoms with Crippen LogP contribution >= 0.6 is 0 Å². The van der Waals surface area contributed by atoms with Crippen LogP contribution in [-0.4, -0.2) is 22.1 Å². The summed E-state index contributed by atoms with van der Waals surface area (Å²) in [7, 11) is 0. The van der Waals surface area contributed by atoms with E-state index in [9.17, 15) is 9.90 Å². The van der Waals surface area contributed by atoms with Gasteiger partial charge in [0, 0.05) is 23.7 Å². The number of amides is 1. The van der Waals surface area contributed by atoms with Crippen molar-refractivity contribution in [3.63, 3.8) is 0 Å². The molecule has 6 heteroatoms. The molecule has 0 bridgehead atoms. The first-order valence-corrected chi connectivity index (χ1v) is 8.64. The van der Waals surface area contributed by atoms with Gasteiger partial charge in [-0.1, -0.05) is 35.9 Å². The molecule has 3 aromatic rings. The largest absolute Gasteiger partial charge is 0.539 e. The first kappa shape index (κ1) is 16.3. The molecule has 0 spiro atoms. The lowest BCUT2D eigenvalue weighted by Crippen LogP contribution is -2.42. The molecule has 1 aliphatic carbocycles. The van der Waals surface area contributed by atoms with Crippen LogP contribution in [0.15, 0.2) is 59.1 Å². The highest BCUT2D eigenvalue weighted by atomic mass is 16.6. The van der Waals surface area contributed by atoms with E-state index in [4.69, 9.17) is 4.52 Å². The van der Waals surface area contributed by atoms with E-state index >= 15 is 0 Å². The molecule has 1 saturated carbocycles. The third-order valence-corrected chi connectivity index (χ3v) is 4.53. The Bertz CT molecular complexity index is 932. The van der Waals surface area contributed by atoms with Crippen molar-refractivity contribution < 1.29 is 19.1 Å². The Balaban J connectivity index is 1.66. The van der Waals surface area contributed by atoms with Gasteiger partial charge in [0.1, 0.15) is 6.54 Å². The summed E-state index contributed by atoms with van der Waals surface area (Å²) in [5.74, 6) is -0.590. The molecule has 4 rings (SSSR count). The summed E-state index contributed by atoms with van der Waals surface area (Å²) in [6.45, 7) is 2.13. The number of aryl methyl sites for hydroxylation is 1. The SMILES string of the molecule is Cc1cccc(C(=O)N(Cc2c([O-])on[n+]2-c2ccccc2)C2CC2)c1. The van der Waals surface area contributed by atoms with E-state index in [2.05, 4.69) is 5.27 Å². The number of para-hydroxylation sites is 1. The van der Waals surface area contributed by atoms with Crippen LogP contribution < -0.4 is 9.79 Å². The fraction of sp³-hybridized carbons (Fsp3) is 0.250. The van der Waals surface area contributed by atoms with Crippen molar-refractivity contribution in [2.45, 2.75) is 32.4 Å². The third kappa shape index (κ3) is 3.18. The summed E-state index contributed by atoms with van der Waals surface area (Å²) in [5.41, 5.74) is 2.74. The van der Waals surface area contributed by atoms with Crippen molar-refractivity contribution >= 4 is 5.91 Å². The maximum absolute atomic E-state index is 13.0. The molecule has 1 aromatic heterocycles. The molecular weight excluding hydrogens is 330 g/mol. The molecule has 0 aliphatic heterocycles. The lowest BCUT2D eigenvalue weighted by molar-refractivity contribution is -0.678. The Hall–Kier alpha value is -3.15. The second-order valence-corrected chi connectivity index (χ2v) is 6.59. The zero-order valence-corrected chi connectivity index (χ0v) is 14.5. The predicted octanol–water partition coefficient (Wildman–Crippen LogP) is 2.14. The number of hydrogen-bond donors (Lipinski definition) is 0. The van der Waals surface area contributed by atoms with Gasteiger partial charge in [-0.3, -0.25) is 4.79 Å². The van der Waals surface area contributed by atoms with E-state index in [1.54, 1.807) is 4.90 Å². The Labute approximate surface area is 151 Å². The van der Waals surface area contributed by atoms with Crippen molar-refractivity contribution in [1.82, 2.24) is 10.2 Å². The van der Waals surface area contributed by atoms with Gasteiger partial charge in [0.05, 0.1) is 5.27 Å². The highest BCUT2D eigenvalue weighted by Gasteiger charge is 2.36. The monoisotopic (exact) mass is 349 g/mol. The molecule has 0 unspecified atom stereocenters. The van der Waals surface area contributed by atoms with Crippen LogP contribution in [0.4, 0.5) is 0 Å². The molecule has 1 fully saturated rings. The van der Waals surface area contributed by atoms with Crippen LogP contribution in [0.2, 0.25) is 0 Å². The first-order chi connectivity index (χ1) is 12.6. The van der Waals surface area contributed by atoms with Crippen molar-refractivity contribution in [2.24, 2.45) is 0 Å². The maximum Gasteiger partial charge on any atom is 0.259 e. The lowest BCUT2D eigenvalue weighted by Gasteiger charge is -2.21. The van der Waals surface area contributed by atoms with Crippen molar-refractivity contribution in [3.8, 4) is 11.6 Å². The highest BCUT2D eigenvalue weighted by Crippen LogP contribution is 2.30. The number of aromatic nitrogens is 2. The fourth-order valence-electron chi connectivity index (χ4n) is 3.03. The zero-order valence-electron chi connectivity index (χ0n) is 14.5. The summed E-state index contributed by atoms with van der Waals surface area (Å²) in [6.07, 6.45) is 1.89. The van der Waals surface area contributed by atoms with E-state index in [1.807, 2.05) is 61.5 Å². The fourth-order valence-corrected chi connectivity index (χ4v) is 3.03. The summed E-state index contributed by atoms with van der Waals surface area (Å²) < 4.78 is 6.35. The Kier molecular flexibility index (Phi) is 4.16. The van der Waals surface area contributed by atoms with Gasteiger partial charge in [-0.25, -0.2) is 0 Å². The van der Waals surface area contributed by atoms with Crippen LogP contribution in [0.5, 0.6) is 5.95 Å². The molecule has 6 nitrogen and oxygen atoms in total. The molecule has 0 saturated heterocycles. The third-order valence-electron chi connectivity index (χ3n) is 4.53. The smallest absolute Gasteiger partial charge is 0.259 e. The molecule has 0 radical (unpaired) electrons. The second-order valence-electron chi connectivity index (χ2n) is 6.59. The maximum atomic E-state index is 13.0. The van der Waals surface area contributed by atoms with Gasteiger partial charge in [0.15, 0.2) is 5.95 Å². The van der Waals surface area contributed by atoms with Crippen LogP contribution in [0.3, 0.4) is 0 Å². The molecule has 0 atom stereocenters. The van der Waals surface area contributed by atoms with Gasteiger partial charge in [0.2, 0.25) is 5.69 Å². The zero-order chi connectivity index (χ0) is 18.1. The van der Waals surface area contributed by atoms with Gasteiger partial charge in [-0.2, -0.15) is 0 Å². The van der Waals surface area contributed by atoms with Gasteiger partial charge in [0.25, 0.3) is 11.6 Å². The number of carbonyl (C=O) groups excluding carboxylic acids is 1. The van der Waals surface area contributed by atoms with Crippen molar-refractivity contribution in [2.75, 3.05) is 0 Å². The molecular formula is C20H19N3O3. The molecule has 0 N–H and O–H groups in total. The average molecular weight is 349 g/mol. The number of benzene rings is 2. The number of carbonyl (C=O) groups is 1. The molecule has 1 amide bonds. The highest BCUT2D eigenvalue weighted by molar-refractivity contribution is 5.94. The Morgan fingerprint density at radius 2 is 2.00 bits per heavy atom. The molecule has 1 aliphatic rings. The molecule has 132 valence electrons. The van der Waals surface area contributed by atoms with Gasteiger partial charge >= 0.3 is 0 Å². The van der Waals surface area contributed by atoms with Crippen molar-refractivity contribution in [1.29, 1.82) is 0 Å². The van der Waals surface area contributed by atoms with E-state index in [1.165, 1.54) is 4.68 Å². The van der Waals surface area contributed by atoms with Crippen LogP contribution in [-0.2, 0) is 6.54 Å². The Morgan fingerprint density at radius 3 is 2.69 bits per heavy atom. The summed E-state index contributed by atoms with van der Waals surface area (Å²) in [6, 6.07) is 17.0. The minimum Gasteiger partial charge on any atom is -0.539 e. The van der Waals surface area contributed by atoms with E-state index in [0.717, 1.165) is 24.1 Å². The molecule has 1 heterocycles. The van der Waals surface area contributed by atoms with Crippen LogP contribution in [0.25, 0.3) is 5.69 Å². The Morgan fingerprint density at radius 1 is 1.23 bits per heavy atom. The van der Waals surface area contributed by atoms with E-state index in [-0.39, 0.29) is 18.5 Å². The standard InChI is InChI=1S/C20H19N3O3/c1-14-6-5-7-15(12-14)19(24)22(16-10-11-16)13-18-20(25)26-21-23(18)17-8-3-2-4-9-17/h2-9,12,16H,10-11,13H2,1H3. The second kappa shape index (κ2) is 6.63. The van der Waals surface area contributed by atoms with Crippen molar-refractivity contribution in [3.05, 3.63) is 71.4 Å². The number of nitrogens with zero attached hydrogens (tertiary/aromatic N) is 3. The summed E-state index contributed by atoms with van der Waals surface area (Å²) in [5, 5.41) is 16.1. The number of rotatable bonds is 5. The topological polar surface area (TPSA) is 73.3 Å². The average Bonchev–Trinajstić information content (AvgIpc) is 3.43. The molecule has 2 aromatic carbocycles. The van der Waals surface area contributed by atoms with Gasteiger partial charge < -0.3 is 14.5 Å². The van der Waals surface area contributed by atoms with Crippen LogP contribution in [0, 0.1) is 6.92 Å². The van der Waals surface area contributed by atoms with Gasteiger partial charge in [-0.05, 0) is 36.6 Å². The van der Waals surface area contributed by atoms with Crippen LogP contribution in [0.1, 0.15) is 34.5 Å². The first-order valence-electron chi connectivity index (χ1n) is 8.64. The van der Waals surface area contributed by atoms with Gasteiger partial charge in [-0.15, -0.1) is 0 Å². The summed E-state index contributed by atoms with van der Waals surface area (Å²) in [4.78, 5) is 14.8. The van der Waals surface area contributed by atoms with E-state index < -0.39 is 5.95 Å². The minimum absolute atomic E-state index is 0.0728.